The fourth-order valence-electron chi connectivity index (χ4n) is 1.70. The van der Waals surface area contributed by atoms with Gasteiger partial charge in [-0.3, -0.25) is 0 Å². The Morgan fingerprint density at radius 3 is 2.30 bits per heavy atom. The number of nitrogen functional groups attached to an aromatic ring is 1. The molecule has 1 aliphatic rings. The smallest absolute Gasteiger partial charge is 0.328 e. The van der Waals surface area contributed by atoms with E-state index in [1.807, 2.05) is 6.07 Å². The number of anilines is 1. The number of hydrogen-bond acceptors (Lipinski definition) is 6. The van der Waals surface area contributed by atoms with Crippen LogP contribution in [0, 0.1) is 0 Å². The number of aliphatic carboxylic acids is 2. The van der Waals surface area contributed by atoms with Gasteiger partial charge in [-0.05, 0) is 37.3 Å². The Labute approximate surface area is 115 Å². The topological polar surface area (TPSA) is 138 Å². The van der Waals surface area contributed by atoms with Crippen LogP contribution >= 0.6 is 0 Å². The highest BCUT2D eigenvalue weighted by atomic mass is 16.4. The number of hydrazine groups is 1. The van der Waals surface area contributed by atoms with Crippen LogP contribution in [0.2, 0.25) is 0 Å². The summed E-state index contributed by atoms with van der Waals surface area (Å²) in [5, 5.41) is 23.6. The summed E-state index contributed by atoms with van der Waals surface area (Å²) in [6.07, 6.45) is 5.77. The molecule has 0 fully saturated rings. The van der Waals surface area contributed by atoms with Crippen molar-refractivity contribution in [3.05, 3.63) is 29.5 Å². The number of carboxylic acid groups (broad SMARTS) is 2. The van der Waals surface area contributed by atoms with Crippen LogP contribution in [-0.2, 0) is 22.4 Å². The first-order valence-electron chi connectivity index (χ1n) is 5.99. The van der Waals surface area contributed by atoms with Crippen LogP contribution in [0.5, 0.6) is 0 Å². The first-order valence-corrected chi connectivity index (χ1v) is 5.99. The molecular formula is C12H16N4O4. The van der Waals surface area contributed by atoms with Crippen LogP contribution in [0.15, 0.2) is 18.2 Å². The third-order valence-corrected chi connectivity index (χ3v) is 2.59. The Bertz CT molecular complexity index is 500. The molecule has 1 aromatic heterocycles. The van der Waals surface area contributed by atoms with E-state index in [0.717, 1.165) is 18.5 Å². The zero-order chi connectivity index (χ0) is 15.0. The number of aromatic nitrogens is 2. The monoisotopic (exact) mass is 280 g/mol. The van der Waals surface area contributed by atoms with E-state index in [4.69, 9.17) is 16.1 Å². The Morgan fingerprint density at radius 2 is 1.75 bits per heavy atom. The predicted octanol–water partition coefficient (Wildman–Crippen LogP) is 0.353. The van der Waals surface area contributed by atoms with Crippen LogP contribution in [-0.4, -0.2) is 32.3 Å². The van der Waals surface area contributed by atoms with Gasteiger partial charge >= 0.3 is 11.9 Å². The molecule has 1 heterocycles. The Balaban J connectivity index is 0.000000221. The molecule has 20 heavy (non-hydrogen) atoms. The molecule has 0 bridgehead atoms. The molecule has 0 saturated heterocycles. The van der Waals surface area contributed by atoms with Crippen molar-refractivity contribution in [1.29, 1.82) is 0 Å². The summed E-state index contributed by atoms with van der Waals surface area (Å²) in [6, 6.07) is 1.99. The van der Waals surface area contributed by atoms with Crippen LogP contribution in [0.3, 0.4) is 0 Å². The molecule has 0 aromatic carbocycles. The van der Waals surface area contributed by atoms with Crippen molar-refractivity contribution in [3.63, 3.8) is 0 Å². The maximum atomic E-state index is 9.55. The molecule has 0 amide bonds. The molecule has 0 aliphatic heterocycles. The maximum Gasteiger partial charge on any atom is 0.328 e. The predicted molar refractivity (Wildman–Crippen MR) is 70.9 cm³/mol. The number of nitrogens with one attached hydrogen (secondary N) is 1. The van der Waals surface area contributed by atoms with E-state index in [9.17, 15) is 9.59 Å². The van der Waals surface area contributed by atoms with Crippen molar-refractivity contribution in [2.24, 2.45) is 5.84 Å². The van der Waals surface area contributed by atoms with Gasteiger partial charge in [0.15, 0.2) is 5.82 Å². The van der Waals surface area contributed by atoms with Gasteiger partial charge in [0.05, 0.1) is 5.69 Å². The molecule has 0 atom stereocenters. The van der Waals surface area contributed by atoms with Crippen molar-refractivity contribution in [1.82, 2.24) is 10.2 Å². The van der Waals surface area contributed by atoms with Crippen LogP contribution in [0.1, 0.15) is 24.1 Å². The molecule has 8 nitrogen and oxygen atoms in total. The summed E-state index contributed by atoms with van der Waals surface area (Å²) in [4.78, 5) is 19.1. The minimum atomic E-state index is -1.26. The summed E-state index contributed by atoms with van der Waals surface area (Å²) in [6.45, 7) is 0. The highest BCUT2D eigenvalue weighted by molar-refractivity contribution is 5.89. The van der Waals surface area contributed by atoms with Gasteiger partial charge in [0.25, 0.3) is 0 Å². The van der Waals surface area contributed by atoms with Gasteiger partial charge in [-0.15, -0.1) is 5.10 Å². The van der Waals surface area contributed by atoms with Crippen LogP contribution in [0.25, 0.3) is 0 Å². The normalized spacial score (nSPS) is 13.1. The fraction of sp³-hybridized carbons (Fsp3) is 0.333. The van der Waals surface area contributed by atoms with E-state index in [0.29, 0.717) is 18.0 Å². The minimum absolute atomic E-state index is 0.558. The summed E-state index contributed by atoms with van der Waals surface area (Å²) in [5.41, 5.74) is 4.94. The van der Waals surface area contributed by atoms with Crippen molar-refractivity contribution in [2.45, 2.75) is 25.7 Å². The molecule has 108 valence electrons. The van der Waals surface area contributed by atoms with Gasteiger partial charge < -0.3 is 15.6 Å². The summed E-state index contributed by atoms with van der Waals surface area (Å²) >= 11 is 0. The first-order chi connectivity index (χ1) is 9.52. The molecule has 0 radical (unpaired) electrons. The van der Waals surface area contributed by atoms with Gasteiger partial charge in [-0.1, -0.05) is 0 Å². The SMILES string of the molecule is NNc1cc2c(nn1)CCCC2.O=C(O)C=CC(=O)O. The second-order valence-corrected chi connectivity index (χ2v) is 4.06. The molecular weight excluding hydrogens is 264 g/mol. The third-order valence-electron chi connectivity index (χ3n) is 2.59. The lowest BCUT2D eigenvalue weighted by molar-refractivity contribution is -0.134. The highest BCUT2D eigenvalue weighted by Crippen LogP contribution is 2.19. The number of nitrogens with two attached hydrogens (primary N) is 1. The fourth-order valence-corrected chi connectivity index (χ4v) is 1.70. The molecule has 1 aliphatic carbocycles. The van der Waals surface area contributed by atoms with Crippen LogP contribution < -0.4 is 11.3 Å². The lowest BCUT2D eigenvalue weighted by Crippen LogP contribution is -2.13. The zero-order valence-corrected chi connectivity index (χ0v) is 10.7. The lowest BCUT2D eigenvalue weighted by Gasteiger charge is -2.13. The number of hydrogen-bond donors (Lipinski definition) is 4. The van der Waals surface area contributed by atoms with Crippen LogP contribution in [0.4, 0.5) is 5.82 Å². The number of fused-ring (bicyclic) bond motifs is 1. The van der Waals surface area contributed by atoms with Crippen molar-refractivity contribution < 1.29 is 19.8 Å². The van der Waals surface area contributed by atoms with E-state index < -0.39 is 11.9 Å². The molecule has 0 saturated carbocycles. The summed E-state index contributed by atoms with van der Waals surface area (Å²) in [7, 11) is 0. The maximum absolute atomic E-state index is 9.55. The Morgan fingerprint density at radius 1 is 1.15 bits per heavy atom. The van der Waals surface area contributed by atoms with E-state index in [-0.39, 0.29) is 0 Å². The lowest BCUT2D eigenvalue weighted by atomic mass is 9.97. The molecule has 5 N–H and O–H groups in total. The average molecular weight is 280 g/mol. The Hall–Kier alpha value is -2.48. The third kappa shape index (κ3) is 5.44. The average Bonchev–Trinajstić information content (AvgIpc) is 2.45. The number of carbonyl (C=O) groups is 2. The molecule has 0 spiro atoms. The molecule has 8 heteroatoms. The second-order valence-electron chi connectivity index (χ2n) is 4.06. The van der Waals surface area contributed by atoms with Gasteiger partial charge in [0.1, 0.15) is 0 Å². The van der Waals surface area contributed by atoms with Gasteiger partial charge in [0, 0.05) is 12.2 Å². The molecule has 2 rings (SSSR count). The zero-order valence-electron chi connectivity index (χ0n) is 10.7. The van der Waals surface area contributed by atoms with E-state index in [1.165, 1.54) is 18.4 Å². The summed E-state index contributed by atoms with van der Waals surface area (Å²) in [5.74, 6) is 3.38. The molecule has 1 aromatic rings. The largest absolute Gasteiger partial charge is 0.478 e. The minimum Gasteiger partial charge on any atom is -0.478 e. The quantitative estimate of drug-likeness (QED) is 0.353. The highest BCUT2D eigenvalue weighted by Gasteiger charge is 2.11. The van der Waals surface area contributed by atoms with E-state index in [2.05, 4.69) is 15.6 Å². The number of nitrogens with zero attached hydrogens (tertiary/aromatic N) is 2. The van der Waals surface area contributed by atoms with Gasteiger partial charge in [-0.25, -0.2) is 15.4 Å². The first kappa shape index (κ1) is 15.6. The van der Waals surface area contributed by atoms with Gasteiger partial charge in [0.2, 0.25) is 0 Å². The number of aryl methyl sites for hydroxylation is 2. The van der Waals surface area contributed by atoms with Gasteiger partial charge in [-0.2, -0.15) is 5.10 Å². The van der Waals surface area contributed by atoms with Crippen molar-refractivity contribution in [3.8, 4) is 0 Å². The number of rotatable bonds is 3. The van der Waals surface area contributed by atoms with Crippen molar-refractivity contribution >= 4 is 17.8 Å². The Kier molecular flexibility index (Phi) is 6.11. The van der Waals surface area contributed by atoms with E-state index >= 15 is 0 Å². The molecule has 0 unspecified atom stereocenters. The second kappa shape index (κ2) is 7.85. The number of carboxylic acids is 2. The van der Waals surface area contributed by atoms with E-state index in [1.54, 1.807) is 0 Å². The van der Waals surface area contributed by atoms with Crippen molar-refractivity contribution in [2.75, 3.05) is 5.43 Å². The standard InChI is InChI=1S/C8H12N4.C4H4O4/c9-10-8-5-6-3-1-2-4-7(6)11-12-8;5-3(6)1-2-4(7)8/h5H,1-4,9H2,(H,10,12);1-2H,(H,5,6)(H,7,8). The summed E-state index contributed by atoms with van der Waals surface area (Å²) < 4.78 is 0.